The number of halogens is 1. The van der Waals surface area contributed by atoms with Crippen molar-refractivity contribution in [3.63, 3.8) is 0 Å². The molecule has 0 aliphatic carbocycles. The lowest BCUT2D eigenvalue weighted by Crippen LogP contribution is -2.11. The number of carbonyl (C=O) groups is 2. The molecule has 0 saturated carbocycles. The zero-order valence-corrected chi connectivity index (χ0v) is 20.7. The predicted octanol–water partition coefficient (Wildman–Crippen LogP) is 6.15. The molecule has 6 nitrogen and oxygen atoms in total. The number of ketones is 1. The molecule has 0 bridgehead atoms. The van der Waals surface area contributed by atoms with Crippen molar-refractivity contribution in [3.05, 3.63) is 88.0 Å². The van der Waals surface area contributed by atoms with E-state index in [1.807, 2.05) is 54.0 Å². The average molecular weight is 522 g/mol. The normalized spacial score (nSPS) is 10.8. The molecule has 0 spiro atoms. The number of aromatic nitrogens is 1. The highest BCUT2D eigenvalue weighted by Gasteiger charge is 2.23. The number of hydrogen-bond acceptors (Lipinski definition) is 5. The number of methoxy groups -OCH3 is 1. The highest BCUT2D eigenvalue weighted by atomic mass is 79.9. The Morgan fingerprint density at radius 3 is 2.44 bits per heavy atom. The van der Waals surface area contributed by atoms with Crippen LogP contribution in [0.1, 0.15) is 33.3 Å². The molecule has 0 saturated heterocycles. The second kappa shape index (κ2) is 10.1. The van der Waals surface area contributed by atoms with Gasteiger partial charge in [-0.15, -0.1) is 0 Å². The molecule has 0 unspecified atom stereocenters. The maximum Gasteiger partial charge on any atom is 0.340 e. The van der Waals surface area contributed by atoms with E-state index in [0.29, 0.717) is 28.0 Å². The molecule has 4 rings (SSSR count). The molecule has 0 N–H and O–H groups in total. The number of hydrogen-bond donors (Lipinski definition) is 0. The van der Waals surface area contributed by atoms with E-state index in [9.17, 15) is 9.59 Å². The third-order valence-corrected chi connectivity index (χ3v) is 6.05. The van der Waals surface area contributed by atoms with E-state index >= 15 is 0 Å². The zero-order valence-electron chi connectivity index (χ0n) is 19.1. The van der Waals surface area contributed by atoms with Gasteiger partial charge in [-0.3, -0.25) is 4.79 Å². The van der Waals surface area contributed by atoms with Crippen molar-refractivity contribution in [2.75, 3.05) is 20.3 Å². The number of carbonyl (C=O) groups excluding carboxylic acids is 2. The predicted molar refractivity (Wildman–Crippen MR) is 134 cm³/mol. The van der Waals surface area contributed by atoms with E-state index < -0.39 is 5.97 Å². The number of Topliss-reactive ketones (excluding diaryl/α,β-unsaturated/α-hetero) is 1. The first-order valence-corrected chi connectivity index (χ1v) is 11.6. The van der Waals surface area contributed by atoms with Gasteiger partial charge >= 0.3 is 5.97 Å². The summed E-state index contributed by atoms with van der Waals surface area (Å²) >= 11 is 3.37. The van der Waals surface area contributed by atoms with Gasteiger partial charge in [0.1, 0.15) is 11.5 Å². The Labute approximate surface area is 206 Å². The van der Waals surface area contributed by atoms with Crippen molar-refractivity contribution in [2.24, 2.45) is 0 Å². The number of benzene rings is 3. The number of rotatable bonds is 8. The van der Waals surface area contributed by atoms with Crippen LogP contribution in [0.2, 0.25) is 0 Å². The van der Waals surface area contributed by atoms with Gasteiger partial charge in [-0.1, -0.05) is 40.2 Å². The van der Waals surface area contributed by atoms with Crippen molar-refractivity contribution in [1.82, 2.24) is 4.57 Å². The van der Waals surface area contributed by atoms with Crippen molar-refractivity contribution < 1.29 is 23.8 Å². The zero-order chi connectivity index (χ0) is 24.2. The smallest absolute Gasteiger partial charge is 0.340 e. The second-order valence-corrected chi connectivity index (χ2v) is 8.50. The molecule has 0 aliphatic heterocycles. The molecule has 0 fully saturated rings. The Bertz CT molecular complexity index is 1360. The summed E-state index contributed by atoms with van der Waals surface area (Å²) in [5.74, 6) is 0.613. The Balaban J connectivity index is 1.75. The summed E-state index contributed by atoms with van der Waals surface area (Å²) in [6.45, 7) is 3.79. The van der Waals surface area contributed by atoms with E-state index in [1.54, 1.807) is 38.3 Å². The van der Waals surface area contributed by atoms with Gasteiger partial charge in [-0.05, 0) is 56.3 Å². The van der Waals surface area contributed by atoms with Crippen LogP contribution >= 0.6 is 15.9 Å². The standard InChI is InChI=1S/C27H24BrNO5/c1-4-33-27(31)26-17(2)29(23-7-5-6-8-25(23)32-3)22-14-13-20(15-21(22)26)34-16-24(30)18-9-11-19(28)12-10-18/h5-15H,4,16H2,1-3H3. The molecular formula is C27H24BrNO5. The Hall–Kier alpha value is -3.58. The first-order chi connectivity index (χ1) is 16.4. The minimum absolute atomic E-state index is 0.117. The highest BCUT2D eigenvalue weighted by molar-refractivity contribution is 9.10. The fraction of sp³-hybridized carbons (Fsp3) is 0.185. The van der Waals surface area contributed by atoms with Crippen molar-refractivity contribution >= 4 is 38.6 Å². The SMILES string of the molecule is CCOC(=O)c1c(C)n(-c2ccccc2OC)c2ccc(OCC(=O)c3ccc(Br)cc3)cc12. The van der Waals surface area contributed by atoms with Crippen LogP contribution in [0.25, 0.3) is 16.6 Å². The van der Waals surface area contributed by atoms with Crippen LogP contribution < -0.4 is 9.47 Å². The van der Waals surface area contributed by atoms with E-state index in [4.69, 9.17) is 14.2 Å². The maximum atomic E-state index is 12.9. The highest BCUT2D eigenvalue weighted by Crippen LogP contribution is 2.35. The van der Waals surface area contributed by atoms with Crippen LogP contribution in [0.4, 0.5) is 0 Å². The molecular weight excluding hydrogens is 498 g/mol. The summed E-state index contributed by atoms with van der Waals surface area (Å²) in [5.41, 5.74) is 3.35. The van der Waals surface area contributed by atoms with Gasteiger partial charge in [-0.2, -0.15) is 0 Å². The minimum atomic E-state index is -0.415. The van der Waals surface area contributed by atoms with Crippen LogP contribution in [-0.4, -0.2) is 36.6 Å². The summed E-state index contributed by atoms with van der Waals surface area (Å²) in [5, 5.41) is 0.676. The van der Waals surface area contributed by atoms with Crippen LogP contribution in [0, 0.1) is 6.92 Å². The monoisotopic (exact) mass is 521 g/mol. The molecule has 0 aliphatic rings. The molecule has 4 aromatic rings. The third-order valence-electron chi connectivity index (χ3n) is 5.52. The van der Waals surface area contributed by atoms with E-state index in [2.05, 4.69) is 15.9 Å². The Kier molecular flexibility index (Phi) is 7.03. The summed E-state index contributed by atoms with van der Waals surface area (Å²) in [6, 6.07) is 20.2. The summed E-state index contributed by atoms with van der Waals surface area (Å²) in [6.07, 6.45) is 0. The topological polar surface area (TPSA) is 66.8 Å². The Morgan fingerprint density at radius 1 is 1.00 bits per heavy atom. The lowest BCUT2D eigenvalue weighted by Gasteiger charge is -2.13. The lowest BCUT2D eigenvalue weighted by molar-refractivity contribution is 0.0527. The van der Waals surface area contributed by atoms with Crippen LogP contribution in [0.5, 0.6) is 11.5 Å². The number of para-hydroxylation sites is 2. The van der Waals surface area contributed by atoms with E-state index in [0.717, 1.165) is 21.4 Å². The second-order valence-electron chi connectivity index (χ2n) is 7.59. The quantitative estimate of drug-likeness (QED) is 0.205. The van der Waals surface area contributed by atoms with Crippen LogP contribution in [-0.2, 0) is 4.74 Å². The molecule has 0 amide bonds. The van der Waals surface area contributed by atoms with Gasteiger partial charge in [0.05, 0.1) is 30.5 Å². The molecule has 34 heavy (non-hydrogen) atoms. The van der Waals surface area contributed by atoms with E-state index in [1.165, 1.54) is 0 Å². The van der Waals surface area contributed by atoms with Crippen molar-refractivity contribution in [2.45, 2.75) is 13.8 Å². The molecule has 1 aromatic heterocycles. The van der Waals surface area contributed by atoms with Gasteiger partial charge in [0.15, 0.2) is 12.4 Å². The van der Waals surface area contributed by atoms with Gasteiger partial charge in [-0.25, -0.2) is 4.79 Å². The molecule has 174 valence electrons. The van der Waals surface area contributed by atoms with Gasteiger partial charge < -0.3 is 18.8 Å². The average Bonchev–Trinajstić information content (AvgIpc) is 3.13. The van der Waals surface area contributed by atoms with Crippen molar-refractivity contribution in [3.8, 4) is 17.2 Å². The number of fused-ring (bicyclic) bond motifs is 1. The Morgan fingerprint density at radius 2 is 1.74 bits per heavy atom. The van der Waals surface area contributed by atoms with Gasteiger partial charge in [0, 0.05) is 21.1 Å². The summed E-state index contributed by atoms with van der Waals surface area (Å²) in [7, 11) is 1.61. The molecule has 3 aromatic carbocycles. The third kappa shape index (κ3) is 4.56. The number of esters is 1. The lowest BCUT2D eigenvalue weighted by atomic mass is 10.1. The molecule has 0 atom stereocenters. The van der Waals surface area contributed by atoms with Crippen LogP contribution in [0.3, 0.4) is 0 Å². The molecule has 0 radical (unpaired) electrons. The first kappa shape index (κ1) is 23.6. The van der Waals surface area contributed by atoms with E-state index in [-0.39, 0.29) is 19.0 Å². The maximum absolute atomic E-state index is 12.9. The number of ether oxygens (including phenoxy) is 3. The fourth-order valence-electron chi connectivity index (χ4n) is 3.94. The largest absolute Gasteiger partial charge is 0.495 e. The van der Waals surface area contributed by atoms with Crippen molar-refractivity contribution in [1.29, 1.82) is 0 Å². The van der Waals surface area contributed by atoms with Crippen LogP contribution in [0.15, 0.2) is 71.2 Å². The minimum Gasteiger partial charge on any atom is -0.495 e. The van der Waals surface area contributed by atoms with Gasteiger partial charge in [0.2, 0.25) is 0 Å². The first-order valence-electron chi connectivity index (χ1n) is 10.8. The number of nitrogens with zero attached hydrogens (tertiary/aromatic N) is 1. The molecule has 7 heteroatoms. The fourth-order valence-corrected chi connectivity index (χ4v) is 4.21. The summed E-state index contributed by atoms with van der Waals surface area (Å²) < 4.78 is 19.6. The summed E-state index contributed by atoms with van der Waals surface area (Å²) in [4.78, 5) is 25.4. The van der Waals surface area contributed by atoms with Gasteiger partial charge in [0.25, 0.3) is 0 Å². The molecule has 1 heterocycles.